The summed E-state index contributed by atoms with van der Waals surface area (Å²) >= 11 is 6.39. The Morgan fingerprint density at radius 2 is 1.57 bits per heavy atom. The smallest absolute Gasteiger partial charge is 0.240 e. The van der Waals surface area contributed by atoms with Crippen LogP contribution in [0.2, 0.25) is 5.02 Å². The average molecular weight is 485 g/mol. The van der Waals surface area contributed by atoms with E-state index in [-0.39, 0.29) is 11.7 Å². The zero-order valence-electron chi connectivity index (χ0n) is 18.8. The summed E-state index contributed by atoms with van der Waals surface area (Å²) in [7, 11) is 1.56. The number of para-hydroxylation sites is 1. The fourth-order valence-electron chi connectivity index (χ4n) is 5.65. The first-order valence-electron chi connectivity index (χ1n) is 11.4. The maximum absolute atomic E-state index is 13.9. The molecule has 3 aromatic rings. The van der Waals surface area contributed by atoms with Gasteiger partial charge in [0.15, 0.2) is 5.78 Å². The minimum Gasteiger partial charge on any atom is -0.497 e. The van der Waals surface area contributed by atoms with E-state index in [1.807, 2.05) is 41.4 Å². The van der Waals surface area contributed by atoms with E-state index in [0.717, 1.165) is 11.1 Å². The third-order valence-corrected chi connectivity index (χ3v) is 7.52. The van der Waals surface area contributed by atoms with E-state index in [9.17, 15) is 14.4 Å². The molecule has 35 heavy (non-hydrogen) atoms. The van der Waals surface area contributed by atoms with Gasteiger partial charge in [-0.25, -0.2) is 4.90 Å². The number of hydrogen-bond acceptors (Lipinski definition) is 5. The van der Waals surface area contributed by atoms with Gasteiger partial charge in [-0.2, -0.15) is 0 Å². The molecule has 3 aromatic carbocycles. The topological polar surface area (TPSA) is 66.9 Å². The van der Waals surface area contributed by atoms with Crippen LogP contribution in [0.3, 0.4) is 0 Å². The van der Waals surface area contributed by atoms with Crippen molar-refractivity contribution in [2.24, 2.45) is 11.8 Å². The first-order chi connectivity index (χ1) is 17.0. The van der Waals surface area contributed by atoms with Gasteiger partial charge in [-0.3, -0.25) is 14.4 Å². The molecule has 0 N–H and O–H groups in total. The lowest BCUT2D eigenvalue weighted by Crippen LogP contribution is -2.44. The third-order valence-electron chi connectivity index (χ3n) is 7.20. The predicted octanol–water partition coefficient (Wildman–Crippen LogP) is 4.75. The highest BCUT2D eigenvalue weighted by Gasteiger charge is 2.64. The molecule has 0 spiro atoms. The molecule has 0 unspecified atom stereocenters. The summed E-state index contributed by atoms with van der Waals surface area (Å²) in [5.74, 6) is -1.87. The minimum atomic E-state index is -0.839. The molecule has 0 aromatic heterocycles. The number of carbonyl (C=O) groups excluding carboxylic acids is 3. The van der Waals surface area contributed by atoms with Gasteiger partial charge in [0.25, 0.3) is 0 Å². The van der Waals surface area contributed by atoms with Crippen LogP contribution in [0.4, 0.5) is 5.69 Å². The van der Waals surface area contributed by atoms with Crippen molar-refractivity contribution in [2.75, 3.05) is 12.0 Å². The van der Waals surface area contributed by atoms with Crippen LogP contribution in [0.15, 0.2) is 79.0 Å². The number of hydrogen-bond donors (Lipinski definition) is 0. The Balaban J connectivity index is 1.49. The van der Waals surface area contributed by atoms with Gasteiger partial charge in [0.1, 0.15) is 11.8 Å². The summed E-state index contributed by atoms with van der Waals surface area (Å²) in [6.07, 6.45) is 3.78. The molecule has 0 radical (unpaired) electrons. The Hall–Kier alpha value is -3.90. The number of ketones is 1. The number of amides is 2. The number of nitrogens with zero attached hydrogens (tertiary/aromatic N) is 2. The number of halogens is 1. The highest BCUT2D eigenvalue weighted by Crippen LogP contribution is 2.54. The van der Waals surface area contributed by atoms with Crippen LogP contribution < -0.4 is 9.64 Å². The monoisotopic (exact) mass is 484 g/mol. The zero-order chi connectivity index (χ0) is 24.3. The van der Waals surface area contributed by atoms with Gasteiger partial charge in [0.2, 0.25) is 11.8 Å². The molecule has 0 aliphatic carbocycles. The van der Waals surface area contributed by atoms with Crippen LogP contribution in [0, 0.1) is 11.8 Å². The van der Waals surface area contributed by atoms with Crippen molar-refractivity contribution >= 4 is 41.0 Å². The second kappa shape index (κ2) is 8.10. The summed E-state index contributed by atoms with van der Waals surface area (Å²) in [6.45, 7) is 0. The summed E-state index contributed by atoms with van der Waals surface area (Å²) in [4.78, 5) is 44.7. The van der Waals surface area contributed by atoms with Crippen molar-refractivity contribution in [1.82, 2.24) is 4.90 Å². The van der Waals surface area contributed by atoms with Crippen LogP contribution in [-0.2, 0) is 9.59 Å². The summed E-state index contributed by atoms with van der Waals surface area (Å²) < 4.78 is 5.22. The normalized spacial score (nSPS) is 24.3. The Kier molecular flexibility index (Phi) is 5.00. The number of rotatable bonds is 4. The molecular formula is C28H21ClN2O4. The number of methoxy groups -OCH3 is 1. The van der Waals surface area contributed by atoms with Gasteiger partial charge >= 0.3 is 0 Å². The number of anilines is 1. The van der Waals surface area contributed by atoms with E-state index in [0.29, 0.717) is 22.0 Å². The van der Waals surface area contributed by atoms with Gasteiger partial charge in [-0.15, -0.1) is 0 Å². The molecule has 3 heterocycles. The summed E-state index contributed by atoms with van der Waals surface area (Å²) in [5.41, 5.74) is 2.71. The van der Waals surface area contributed by atoms with E-state index in [2.05, 4.69) is 0 Å². The number of benzene rings is 3. The molecule has 0 saturated carbocycles. The third kappa shape index (κ3) is 3.13. The Morgan fingerprint density at radius 3 is 2.31 bits per heavy atom. The molecule has 3 aliphatic rings. The lowest BCUT2D eigenvalue weighted by Gasteiger charge is -2.35. The zero-order valence-corrected chi connectivity index (χ0v) is 19.6. The molecule has 6 rings (SSSR count). The van der Waals surface area contributed by atoms with Crippen molar-refractivity contribution in [3.63, 3.8) is 0 Å². The van der Waals surface area contributed by atoms with Crippen LogP contribution in [-0.4, -0.2) is 35.6 Å². The van der Waals surface area contributed by atoms with Crippen molar-refractivity contribution in [3.8, 4) is 5.75 Å². The highest BCUT2D eigenvalue weighted by molar-refractivity contribution is 6.36. The van der Waals surface area contributed by atoms with Crippen molar-refractivity contribution in [1.29, 1.82) is 0 Å². The lowest BCUT2D eigenvalue weighted by molar-refractivity contribution is -0.123. The second-order valence-corrected chi connectivity index (χ2v) is 9.30. The van der Waals surface area contributed by atoms with E-state index >= 15 is 0 Å². The van der Waals surface area contributed by atoms with Crippen molar-refractivity contribution < 1.29 is 19.1 Å². The Bertz CT molecular complexity index is 1400. The van der Waals surface area contributed by atoms with Crippen LogP contribution in [0.25, 0.3) is 6.08 Å². The van der Waals surface area contributed by atoms with E-state index < -0.39 is 29.8 Å². The van der Waals surface area contributed by atoms with Gasteiger partial charge < -0.3 is 9.64 Å². The molecule has 3 aliphatic heterocycles. The maximum atomic E-state index is 13.9. The predicted molar refractivity (Wildman–Crippen MR) is 132 cm³/mol. The number of Topliss-reactive ketones (excluding diaryl/α,β-unsaturated/α-hetero) is 1. The molecule has 2 fully saturated rings. The van der Waals surface area contributed by atoms with Gasteiger partial charge in [0, 0.05) is 11.8 Å². The van der Waals surface area contributed by atoms with Gasteiger partial charge in [-0.05, 0) is 53.6 Å². The lowest BCUT2D eigenvalue weighted by atomic mass is 9.83. The minimum absolute atomic E-state index is 0.212. The average Bonchev–Trinajstić information content (AvgIpc) is 3.36. The molecule has 2 saturated heterocycles. The van der Waals surface area contributed by atoms with Crippen molar-refractivity contribution in [3.05, 3.63) is 101 Å². The number of imide groups is 1. The fourth-order valence-corrected chi connectivity index (χ4v) is 5.87. The van der Waals surface area contributed by atoms with Crippen molar-refractivity contribution in [2.45, 2.75) is 12.1 Å². The van der Waals surface area contributed by atoms with Crippen LogP contribution in [0.5, 0.6) is 5.75 Å². The molecule has 6 nitrogen and oxygen atoms in total. The van der Waals surface area contributed by atoms with E-state index in [1.165, 1.54) is 4.90 Å². The SMILES string of the molecule is COc1ccc(C(=O)[C@@H]2[C@@H]3C(=O)N(c4ccccc4Cl)C(=O)[C@@H]3[C@H]3c4ccccc4C=CN23)cc1. The van der Waals surface area contributed by atoms with Crippen LogP contribution in [0.1, 0.15) is 27.5 Å². The maximum Gasteiger partial charge on any atom is 0.240 e. The Morgan fingerprint density at radius 1 is 0.886 bits per heavy atom. The number of fused-ring (bicyclic) bond motifs is 5. The fraction of sp³-hybridized carbons (Fsp3) is 0.179. The molecule has 2 amide bonds. The molecule has 174 valence electrons. The molecule has 4 atom stereocenters. The second-order valence-electron chi connectivity index (χ2n) is 8.89. The van der Waals surface area contributed by atoms with Gasteiger partial charge in [-0.1, -0.05) is 48.0 Å². The van der Waals surface area contributed by atoms with Gasteiger partial charge in [0.05, 0.1) is 35.7 Å². The Labute approximate surface area is 207 Å². The largest absolute Gasteiger partial charge is 0.497 e. The molecular weight excluding hydrogens is 464 g/mol. The standard InChI is InChI=1S/C28H21ClN2O4/c1-35-18-12-10-17(11-13-18)26(32)25-23-22(24-19-7-3-2-6-16(19)14-15-30(24)25)27(33)31(28(23)34)21-9-5-4-8-20(21)29/h2-15,22-25H,1H3/t22-,23+,24+,25-/m0/s1. The first kappa shape index (κ1) is 21.6. The summed E-state index contributed by atoms with van der Waals surface area (Å²) in [5, 5.41) is 0.313. The molecule has 0 bridgehead atoms. The van der Waals surface area contributed by atoms with E-state index in [1.54, 1.807) is 55.6 Å². The molecule has 7 heteroatoms. The quantitative estimate of drug-likeness (QED) is 0.395. The summed E-state index contributed by atoms with van der Waals surface area (Å²) in [6, 6.07) is 20.1. The number of ether oxygens (including phenoxy) is 1. The first-order valence-corrected chi connectivity index (χ1v) is 11.7. The number of carbonyl (C=O) groups is 3. The van der Waals surface area contributed by atoms with E-state index in [4.69, 9.17) is 16.3 Å². The van der Waals surface area contributed by atoms with Crippen LogP contribution >= 0.6 is 11.6 Å². The highest BCUT2D eigenvalue weighted by atomic mass is 35.5.